The highest BCUT2D eigenvalue weighted by molar-refractivity contribution is 7.89. The highest BCUT2D eigenvalue weighted by Gasteiger charge is 2.43. The Morgan fingerprint density at radius 1 is 1.19 bits per heavy atom. The third-order valence-corrected chi connectivity index (χ3v) is 9.79. The lowest BCUT2D eigenvalue weighted by Crippen LogP contribution is -2.42. The summed E-state index contributed by atoms with van der Waals surface area (Å²) in [6, 6.07) is 2.97. The van der Waals surface area contributed by atoms with Crippen LogP contribution in [0.15, 0.2) is 48.1 Å². The fourth-order valence-corrected chi connectivity index (χ4v) is 7.17. The Balaban J connectivity index is 1.48. The molecule has 2 aliphatic rings. The number of esters is 1. The van der Waals surface area contributed by atoms with E-state index in [4.69, 9.17) is 32.7 Å². The molecule has 16 heteroatoms. The van der Waals surface area contributed by atoms with Gasteiger partial charge in [-0.15, -0.1) is 0 Å². The van der Waals surface area contributed by atoms with Crippen molar-refractivity contribution in [2.24, 2.45) is 13.0 Å². The number of sulfonamides is 1. The molecule has 232 valence electrons. The number of imidazole rings is 1. The van der Waals surface area contributed by atoms with E-state index in [-0.39, 0.29) is 58.3 Å². The minimum atomic E-state index is -4.13. The number of hydrogen-bond donors (Lipinski definition) is 0. The van der Waals surface area contributed by atoms with E-state index in [1.807, 2.05) is 0 Å². The minimum absolute atomic E-state index is 0.00580. The number of benzene rings is 1. The summed E-state index contributed by atoms with van der Waals surface area (Å²) in [6.45, 7) is -2.73. The monoisotopic (exact) mass is 660 g/mol. The van der Waals surface area contributed by atoms with Crippen molar-refractivity contribution in [3.8, 4) is 11.5 Å². The lowest BCUT2D eigenvalue weighted by molar-refractivity contribution is -0.605. The topological polar surface area (TPSA) is 127 Å². The van der Waals surface area contributed by atoms with Gasteiger partial charge in [0.15, 0.2) is 23.9 Å². The van der Waals surface area contributed by atoms with Crippen LogP contribution in [0, 0.1) is 11.1 Å². The van der Waals surface area contributed by atoms with Crippen LogP contribution in [0.1, 0.15) is 42.9 Å². The van der Waals surface area contributed by atoms with Crippen molar-refractivity contribution in [3.05, 3.63) is 69.4 Å². The van der Waals surface area contributed by atoms with Crippen molar-refractivity contribution in [2.75, 3.05) is 13.2 Å². The van der Waals surface area contributed by atoms with Gasteiger partial charge in [-0.25, -0.2) is 13.4 Å². The Kier molecular flexibility index (Phi) is 9.30. The molecule has 3 heterocycles. The molecule has 1 aliphatic carbocycles. The number of aryl methyl sites for hydroxylation is 1. The van der Waals surface area contributed by atoms with E-state index in [1.54, 1.807) is 0 Å². The predicted molar refractivity (Wildman–Crippen MR) is 149 cm³/mol. The Labute approximate surface area is 256 Å². The number of rotatable bonds is 12. The maximum Gasteiger partial charge on any atom is 0.387 e. The number of hydrogen-bond acceptors (Lipinski definition) is 8. The minimum Gasteiger partial charge on any atom is -0.619 e. The number of ether oxygens (including phenoxy) is 3. The summed E-state index contributed by atoms with van der Waals surface area (Å²) >= 11 is 12.6. The van der Waals surface area contributed by atoms with Crippen LogP contribution in [0.4, 0.5) is 8.78 Å². The second-order valence-electron chi connectivity index (χ2n) is 10.4. The molecule has 2 aromatic heterocycles. The molecule has 0 bridgehead atoms. The van der Waals surface area contributed by atoms with Gasteiger partial charge in [-0.05, 0) is 49.3 Å². The molecule has 0 unspecified atom stereocenters. The molecular weight excluding hydrogens is 633 g/mol. The second-order valence-corrected chi connectivity index (χ2v) is 13.0. The van der Waals surface area contributed by atoms with E-state index in [0.29, 0.717) is 22.6 Å². The average Bonchev–Trinajstić information content (AvgIpc) is 3.42. The zero-order valence-electron chi connectivity index (χ0n) is 22.9. The molecule has 2 fully saturated rings. The number of alkyl halides is 2. The van der Waals surface area contributed by atoms with Crippen LogP contribution in [0.5, 0.6) is 11.5 Å². The van der Waals surface area contributed by atoms with Crippen LogP contribution in [0.3, 0.4) is 0 Å². The van der Waals surface area contributed by atoms with Crippen molar-refractivity contribution < 1.29 is 40.9 Å². The first-order chi connectivity index (χ1) is 20.4. The lowest BCUT2D eigenvalue weighted by atomic mass is 10.0. The standard InChI is InChI=1S/C27H28Cl2F2N4O7S/c1-33-10-8-32-27(33)43(38,39)35-9-2-3-21(35)25(36)41-23(12-18-19(28)13-34(37)14-20(18)29)17-6-7-22(42-26(30)31)24(11-17)40-15-16-4-5-16/h6-8,10-11,13-14,16,21,23,26H,2-5,9,12,15H2,1H3/t21-,23-/m0/s1. The molecule has 43 heavy (non-hydrogen) atoms. The number of carbonyl (C=O) groups is 1. The van der Waals surface area contributed by atoms with E-state index in [1.165, 1.54) is 42.2 Å². The molecular formula is C27H28Cl2F2N4O7S. The summed E-state index contributed by atoms with van der Waals surface area (Å²) in [6.07, 6.45) is 6.26. The molecule has 1 saturated carbocycles. The maximum absolute atomic E-state index is 13.6. The van der Waals surface area contributed by atoms with Gasteiger partial charge in [0.2, 0.25) is 5.16 Å². The average molecular weight is 662 g/mol. The van der Waals surface area contributed by atoms with Gasteiger partial charge in [0.05, 0.1) is 6.61 Å². The SMILES string of the molecule is Cn1ccnc1S(=O)(=O)N1CCC[C@H]1C(=O)O[C@@H](Cc1c(Cl)c[n+]([O-])cc1Cl)c1ccc(OC(F)F)c(OCC2CC2)c1. The highest BCUT2D eigenvalue weighted by atomic mass is 35.5. The van der Waals surface area contributed by atoms with Crippen molar-refractivity contribution >= 4 is 39.2 Å². The molecule has 2 atom stereocenters. The van der Waals surface area contributed by atoms with Crippen molar-refractivity contribution in [2.45, 2.75) is 56.0 Å². The van der Waals surface area contributed by atoms with Gasteiger partial charge >= 0.3 is 12.6 Å². The summed E-state index contributed by atoms with van der Waals surface area (Å²) in [5.74, 6) is -0.717. The first-order valence-electron chi connectivity index (χ1n) is 13.4. The smallest absolute Gasteiger partial charge is 0.387 e. The van der Waals surface area contributed by atoms with E-state index >= 15 is 0 Å². The van der Waals surface area contributed by atoms with E-state index in [0.717, 1.165) is 29.5 Å². The first-order valence-corrected chi connectivity index (χ1v) is 15.6. The lowest BCUT2D eigenvalue weighted by Gasteiger charge is -2.26. The van der Waals surface area contributed by atoms with Gasteiger partial charge in [-0.2, -0.15) is 17.8 Å². The van der Waals surface area contributed by atoms with Gasteiger partial charge in [-0.1, -0.05) is 29.3 Å². The van der Waals surface area contributed by atoms with Crippen LogP contribution < -0.4 is 14.2 Å². The van der Waals surface area contributed by atoms with Crippen molar-refractivity contribution in [1.82, 2.24) is 13.9 Å². The molecule has 3 aromatic rings. The number of halogens is 4. The zero-order chi connectivity index (χ0) is 30.9. The summed E-state index contributed by atoms with van der Waals surface area (Å²) in [7, 11) is -2.60. The zero-order valence-corrected chi connectivity index (χ0v) is 25.2. The van der Waals surface area contributed by atoms with E-state index in [9.17, 15) is 27.2 Å². The molecule has 1 saturated heterocycles. The molecule has 5 rings (SSSR count). The van der Waals surface area contributed by atoms with Crippen LogP contribution >= 0.6 is 23.2 Å². The van der Waals surface area contributed by atoms with Crippen molar-refractivity contribution in [1.29, 1.82) is 0 Å². The molecule has 0 amide bonds. The Morgan fingerprint density at radius 2 is 1.91 bits per heavy atom. The fourth-order valence-electron chi connectivity index (χ4n) is 4.85. The molecule has 0 radical (unpaired) electrons. The fraction of sp³-hybridized carbons (Fsp3) is 0.444. The Bertz CT molecular complexity index is 1580. The highest BCUT2D eigenvalue weighted by Crippen LogP contribution is 2.38. The molecule has 11 nitrogen and oxygen atoms in total. The number of carbonyl (C=O) groups excluding carboxylic acids is 1. The molecule has 1 aromatic carbocycles. The van der Waals surface area contributed by atoms with Gasteiger partial charge in [0.1, 0.15) is 22.2 Å². The largest absolute Gasteiger partial charge is 0.619 e. The first kappa shape index (κ1) is 31.2. The summed E-state index contributed by atoms with van der Waals surface area (Å²) in [5.41, 5.74) is 0.605. The molecule has 1 aliphatic heterocycles. The van der Waals surface area contributed by atoms with Crippen LogP contribution in [-0.2, 0) is 33.0 Å². The van der Waals surface area contributed by atoms with Crippen LogP contribution in [0.2, 0.25) is 10.0 Å². The maximum atomic E-state index is 13.6. The summed E-state index contributed by atoms with van der Waals surface area (Å²) in [4.78, 5) is 17.6. The second kappa shape index (κ2) is 12.8. The van der Waals surface area contributed by atoms with E-state index < -0.39 is 34.7 Å². The van der Waals surface area contributed by atoms with Crippen molar-refractivity contribution in [3.63, 3.8) is 0 Å². The Morgan fingerprint density at radius 3 is 2.53 bits per heavy atom. The third-order valence-electron chi connectivity index (χ3n) is 7.22. The van der Waals surface area contributed by atoms with Crippen LogP contribution in [-0.4, -0.2) is 54.0 Å². The van der Waals surface area contributed by atoms with E-state index in [2.05, 4.69) is 9.72 Å². The van der Waals surface area contributed by atoms with Crippen LogP contribution in [0.25, 0.3) is 0 Å². The number of aromatic nitrogens is 3. The summed E-state index contributed by atoms with van der Waals surface area (Å²) < 4.78 is 72.2. The van der Waals surface area contributed by atoms with Gasteiger partial charge in [0, 0.05) is 38.0 Å². The molecule has 0 N–H and O–H groups in total. The quantitative estimate of drug-likeness (QED) is 0.159. The van der Waals surface area contributed by atoms with Gasteiger partial charge < -0.3 is 24.0 Å². The number of nitrogens with zero attached hydrogens (tertiary/aromatic N) is 4. The number of pyridine rings is 1. The normalized spacial score (nSPS) is 18.1. The molecule has 0 spiro atoms. The third kappa shape index (κ3) is 7.14. The Hall–Kier alpha value is -3.20. The summed E-state index contributed by atoms with van der Waals surface area (Å²) in [5, 5.41) is 11.6. The predicted octanol–water partition coefficient (Wildman–Crippen LogP) is 4.43. The van der Waals surface area contributed by atoms with Gasteiger partial charge in [-0.3, -0.25) is 4.79 Å². The van der Waals surface area contributed by atoms with Gasteiger partial charge in [0.25, 0.3) is 10.0 Å².